The highest BCUT2D eigenvalue weighted by atomic mass is 19.4. The molecule has 1 heterocycles. The molecule has 0 saturated heterocycles. The fourth-order valence-corrected chi connectivity index (χ4v) is 2.71. The maximum absolute atomic E-state index is 13.0. The minimum atomic E-state index is -4.77. The molecule has 0 aliphatic heterocycles. The van der Waals surface area contributed by atoms with Gasteiger partial charge in [-0.05, 0) is 42.7 Å². The van der Waals surface area contributed by atoms with Gasteiger partial charge in [0.25, 0.3) is 5.56 Å². The Labute approximate surface area is 146 Å². The SMILES string of the molecule is O=C(Cn1cccc(C(F)(F)F)c1=O)N(Cc1ccc(F)cc1)C1CC1. The molecule has 1 amide bonds. The molecule has 1 fully saturated rings. The van der Waals surface area contributed by atoms with E-state index in [0.717, 1.165) is 23.5 Å². The third-order valence-electron chi connectivity index (χ3n) is 4.21. The Balaban J connectivity index is 1.79. The topological polar surface area (TPSA) is 42.3 Å². The average molecular weight is 368 g/mol. The van der Waals surface area contributed by atoms with Gasteiger partial charge in [0, 0.05) is 18.8 Å². The number of alkyl halides is 3. The van der Waals surface area contributed by atoms with Gasteiger partial charge in [0.15, 0.2) is 0 Å². The van der Waals surface area contributed by atoms with Crippen molar-refractivity contribution in [2.24, 2.45) is 0 Å². The lowest BCUT2D eigenvalue weighted by atomic mass is 10.2. The summed E-state index contributed by atoms with van der Waals surface area (Å²) < 4.78 is 52.3. The highest BCUT2D eigenvalue weighted by Crippen LogP contribution is 2.29. The number of rotatable bonds is 5. The fourth-order valence-electron chi connectivity index (χ4n) is 2.71. The van der Waals surface area contributed by atoms with Crippen molar-refractivity contribution >= 4 is 5.91 Å². The molecular formula is C18H16F4N2O2. The molecule has 1 aliphatic carbocycles. The normalized spacial score (nSPS) is 14.3. The summed E-state index contributed by atoms with van der Waals surface area (Å²) in [6.45, 7) is -0.252. The summed E-state index contributed by atoms with van der Waals surface area (Å²) in [6, 6.07) is 7.45. The van der Waals surface area contributed by atoms with Gasteiger partial charge >= 0.3 is 6.18 Å². The second-order valence-electron chi connectivity index (χ2n) is 6.23. The first-order valence-corrected chi connectivity index (χ1v) is 8.06. The zero-order valence-electron chi connectivity index (χ0n) is 13.7. The molecule has 0 radical (unpaired) electrons. The highest BCUT2D eigenvalue weighted by molar-refractivity contribution is 5.76. The van der Waals surface area contributed by atoms with Crippen LogP contribution in [0.4, 0.5) is 17.6 Å². The molecule has 26 heavy (non-hydrogen) atoms. The zero-order valence-corrected chi connectivity index (χ0v) is 13.7. The van der Waals surface area contributed by atoms with Crippen LogP contribution in [0.25, 0.3) is 0 Å². The molecule has 1 saturated carbocycles. The first-order chi connectivity index (χ1) is 12.3. The van der Waals surface area contributed by atoms with Crippen LogP contribution in [0.1, 0.15) is 24.0 Å². The van der Waals surface area contributed by atoms with Gasteiger partial charge in [-0.3, -0.25) is 9.59 Å². The molecule has 8 heteroatoms. The van der Waals surface area contributed by atoms with Crippen molar-refractivity contribution in [1.29, 1.82) is 0 Å². The first-order valence-electron chi connectivity index (χ1n) is 8.06. The number of halogens is 4. The van der Waals surface area contributed by atoms with Crippen LogP contribution in [0, 0.1) is 5.82 Å². The van der Waals surface area contributed by atoms with E-state index in [4.69, 9.17) is 0 Å². The third kappa shape index (κ3) is 4.12. The molecule has 4 nitrogen and oxygen atoms in total. The van der Waals surface area contributed by atoms with Crippen molar-refractivity contribution in [1.82, 2.24) is 9.47 Å². The number of hydrogen-bond donors (Lipinski definition) is 0. The summed E-state index contributed by atoms with van der Waals surface area (Å²) in [7, 11) is 0. The number of carbonyl (C=O) groups excluding carboxylic acids is 1. The monoisotopic (exact) mass is 368 g/mol. The van der Waals surface area contributed by atoms with E-state index in [1.165, 1.54) is 23.2 Å². The summed E-state index contributed by atoms with van der Waals surface area (Å²) in [5.74, 6) is -0.841. The van der Waals surface area contributed by atoms with Crippen LogP contribution in [0.15, 0.2) is 47.4 Å². The largest absolute Gasteiger partial charge is 0.421 e. The van der Waals surface area contributed by atoms with Crippen molar-refractivity contribution in [2.75, 3.05) is 0 Å². The minimum Gasteiger partial charge on any atom is -0.334 e. The van der Waals surface area contributed by atoms with Crippen molar-refractivity contribution in [3.05, 3.63) is 69.9 Å². The number of amides is 1. The minimum absolute atomic E-state index is 0.00551. The highest BCUT2D eigenvalue weighted by Gasteiger charge is 2.35. The molecule has 0 unspecified atom stereocenters. The third-order valence-corrected chi connectivity index (χ3v) is 4.21. The van der Waals surface area contributed by atoms with Crippen molar-refractivity contribution in [3.63, 3.8) is 0 Å². The quantitative estimate of drug-likeness (QED) is 0.761. The number of aromatic nitrogens is 1. The van der Waals surface area contributed by atoms with E-state index in [2.05, 4.69) is 0 Å². The molecule has 2 aromatic rings. The first kappa shape index (κ1) is 18.2. The Morgan fingerprint density at radius 2 is 1.81 bits per heavy atom. The fraction of sp³-hybridized carbons (Fsp3) is 0.333. The molecule has 1 aromatic carbocycles. The summed E-state index contributed by atoms with van der Waals surface area (Å²) >= 11 is 0. The lowest BCUT2D eigenvalue weighted by molar-refractivity contribution is -0.139. The maximum atomic E-state index is 13.0. The molecule has 3 rings (SSSR count). The Bertz CT molecular complexity index is 855. The summed E-state index contributed by atoms with van der Waals surface area (Å²) in [5, 5.41) is 0. The van der Waals surface area contributed by atoms with Gasteiger partial charge in [0.2, 0.25) is 5.91 Å². The number of pyridine rings is 1. The smallest absolute Gasteiger partial charge is 0.334 e. The van der Waals surface area contributed by atoms with Crippen LogP contribution >= 0.6 is 0 Å². The van der Waals surface area contributed by atoms with Crippen LogP contribution < -0.4 is 5.56 Å². The molecule has 0 bridgehead atoms. The lowest BCUT2D eigenvalue weighted by Crippen LogP contribution is -2.38. The van der Waals surface area contributed by atoms with E-state index < -0.39 is 35.6 Å². The molecule has 0 atom stereocenters. The van der Waals surface area contributed by atoms with Crippen LogP contribution in [-0.2, 0) is 24.1 Å². The van der Waals surface area contributed by atoms with Crippen LogP contribution in [0.2, 0.25) is 0 Å². The van der Waals surface area contributed by atoms with Crippen LogP contribution in [-0.4, -0.2) is 21.4 Å². The van der Waals surface area contributed by atoms with E-state index >= 15 is 0 Å². The van der Waals surface area contributed by atoms with E-state index in [9.17, 15) is 27.2 Å². The molecular weight excluding hydrogens is 352 g/mol. The lowest BCUT2D eigenvalue weighted by Gasteiger charge is -2.23. The molecule has 1 aromatic heterocycles. The summed E-state index contributed by atoms with van der Waals surface area (Å²) in [4.78, 5) is 26.1. The molecule has 0 N–H and O–H groups in total. The van der Waals surface area contributed by atoms with Crippen molar-refractivity contribution in [3.8, 4) is 0 Å². The summed E-state index contributed by atoms with van der Waals surface area (Å²) in [5.41, 5.74) is -1.83. The van der Waals surface area contributed by atoms with Gasteiger partial charge in [-0.2, -0.15) is 13.2 Å². The van der Waals surface area contributed by atoms with E-state index in [1.54, 1.807) is 12.1 Å². The van der Waals surface area contributed by atoms with Gasteiger partial charge in [-0.25, -0.2) is 4.39 Å². The van der Waals surface area contributed by atoms with Gasteiger partial charge < -0.3 is 9.47 Å². The molecule has 1 aliphatic rings. The van der Waals surface area contributed by atoms with E-state index in [-0.39, 0.29) is 12.6 Å². The van der Waals surface area contributed by atoms with E-state index in [1.807, 2.05) is 0 Å². The second-order valence-corrected chi connectivity index (χ2v) is 6.23. The van der Waals surface area contributed by atoms with Crippen molar-refractivity contribution in [2.45, 2.75) is 38.1 Å². The van der Waals surface area contributed by atoms with Crippen molar-refractivity contribution < 1.29 is 22.4 Å². The zero-order chi connectivity index (χ0) is 18.9. The van der Waals surface area contributed by atoms with Gasteiger partial charge in [0.05, 0.1) is 0 Å². The maximum Gasteiger partial charge on any atom is 0.421 e. The number of nitrogens with zero attached hydrogens (tertiary/aromatic N) is 2. The van der Waals surface area contributed by atoms with Gasteiger partial charge in [-0.1, -0.05) is 12.1 Å². The van der Waals surface area contributed by atoms with Gasteiger partial charge in [-0.15, -0.1) is 0 Å². The predicted octanol–water partition coefficient (Wildman–Crippen LogP) is 3.20. The Morgan fingerprint density at radius 1 is 1.15 bits per heavy atom. The average Bonchev–Trinajstić information content (AvgIpc) is 3.40. The van der Waals surface area contributed by atoms with E-state index in [0.29, 0.717) is 11.6 Å². The van der Waals surface area contributed by atoms with Gasteiger partial charge in [0.1, 0.15) is 17.9 Å². The van der Waals surface area contributed by atoms with Crippen LogP contribution in [0.3, 0.4) is 0 Å². The number of benzene rings is 1. The number of carbonyl (C=O) groups is 1. The number of hydrogen-bond acceptors (Lipinski definition) is 2. The van der Waals surface area contributed by atoms with Crippen LogP contribution in [0.5, 0.6) is 0 Å². The standard InChI is InChI=1S/C18H16F4N2O2/c19-13-5-3-12(4-6-13)10-24(14-7-8-14)16(25)11-23-9-1-2-15(17(23)26)18(20,21)22/h1-6,9,14H,7-8,10-11H2. The summed E-state index contributed by atoms with van der Waals surface area (Å²) in [6.07, 6.45) is -2.01. The molecule has 0 spiro atoms. The Morgan fingerprint density at radius 3 is 2.38 bits per heavy atom. The predicted molar refractivity (Wildman–Crippen MR) is 85.7 cm³/mol. The second kappa shape index (κ2) is 6.93. The molecule has 138 valence electrons. The Hall–Kier alpha value is -2.64. The Kier molecular flexibility index (Phi) is 4.84.